The molecule has 0 spiro atoms. The smallest absolute Gasteiger partial charge is 0.103 e. The molecule has 0 amide bonds. The van der Waals surface area contributed by atoms with E-state index in [1.807, 2.05) is 18.2 Å². The monoisotopic (exact) mass is 266 g/mol. The van der Waals surface area contributed by atoms with Crippen LogP contribution in [0.3, 0.4) is 0 Å². The number of hydrogen-bond donors (Lipinski definition) is 1. The summed E-state index contributed by atoms with van der Waals surface area (Å²) in [6.45, 7) is 3.39. The zero-order valence-electron chi connectivity index (χ0n) is 8.53. The lowest BCUT2D eigenvalue weighted by atomic mass is 10.1. The van der Waals surface area contributed by atoms with Crippen LogP contribution in [0.4, 0.5) is 0 Å². The summed E-state index contributed by atoms with van der Waals surface area (Å²) >= 11 is 3.41. The van der Waals surface area contributed by atoms with Crippen molar-refractivity contribution in [1.29, 1.82) is 0 Å². The van der Waals surface area contributed by atoms with E-state index in [1.54, 1.807) is 20.0 Å². The van der Waals surface area contributed by atoms with Crippen LogP contribution >= 0.6 is 15.9 Å². The molecule has 1 aromatic carbocycles. The molecule has 2 aromatic rings. The minimum Gasteiger partial charge on any atom is -0.384 e. The Morgan fingerprint density at radius 2 is 2.07 bits per heavy atom. The maximum atomic E-state index is 9.82. The second-order valence-electron chi connectivity index (χ2n) is 3.92. The molecular formula is C11H11BrN2O. The van der Waals surface area contributed by atoms with Crippen LogP contribution < -0.4 is 0 Å². The highest BCUT2D eigenvalue weighted by Crippen LogP contribution is 2.23. The van der Waals surface area contributed by atoms with E-state index >= 15 is 0 Å². The van der Waals surface area contributed by atoms with Gasteiger partial charge in [-0.15, -0.1) is 0 Å². The van der Waals surface area contributed by atoms with Crippen molar-refractivity contribution < 1.29 is 5.11 Å². The number of aliphatic hydroxyl groups is 1. The Kier molecular flexibility index (Phi) is 2.48. The van der Waals surface area contributed by atoms with Gasteiger partial charge in [-0.25, -0.2) is 4.98 Å². The molecule has 0 fully saturated rings. The summed E-state index contributed by atoms with van der Waals surface area (Å²) in [6.07, 6.45) is 1.61. The maximum absolute atomic E-state index is 9.82. The largest absolute Gasteiger partial charge is 0.384 e. The number of benzene rings is 1. The minimum absolute atomic E-state index is 0.571. The molecule has 0 aliphatic carbocycles. The Hall–Kier alpha value is -1.00. The molecule has 0 radical (unpaired) electrons. The van der Waals surface area contributed by atoms with Gasteiger partial charge in [0.1, 0.15) is 11.1 Å². The standard InChI is InChI=1S/C11H11BrN2O/c1-11(2,15)9-6-13-8-5-3-4-7(12)10(8)14-9/h3-6,15H,1-2H3. The van der Waals surface area contributed by atoms with Crippen molar-refractivity contribution in [1.82, 2.24) is 9.97 Å². The zero-order valence-corrected chi connectivity index (χ0v) is 10.1. The lowest BCUT2D eigenvalue weighted by Gasteiger charge is -2.16. The number of fused-ring (bicyclic) bond motifs is 1. The molecule has 15 heavy (non-hydrogen) atoms. The number of rotatable bonds is 1. The number of aromatic nitrogens is 2. The lowest BCUT2D eigenvalue weighted by molar-refractivity contribution is 0.0738. The average Bonchev–Trinajstić information content (AvgIpc) is 2.16. The fraction of sp³-hybridized carbons (Fsp3) is 0.273. The summed E-state index contributed by atoms with van der Waals surface area (Å²) in [5.74, 6) is 0. The van der Waals surface area contributed by atoms with Crippen LogP contribution in [0.15, 0.2) is 28.9 Å². The highest BCUT2D eigenvalue weighted by Gasteiger charge is 2.18. The molecular weight excluding hydrogens is 256 g/mol. The van der Waals surface area contributed by atoms with Crippen LogP contribution in [0.25, 0.3) is 11.0 Å². The second kappa shape index (κ2) is 3.54. The molecule has 1 heterocycles. The molecule has 1 N–H and O–H groups in total. The molecule has 78 valence electrons. The number of para-hydroxylation sites is 1. The normalized spacial score (nSPS) is 12.0. The van der Waals surface area contributed by atoms with Crippen LogP contribution in [-0.2, 0) is 5.60 Å². The molecule has 2 rings (SSSR count). The fourth-order valence-corrected chi connectivity index (χ4v) is 1.74. The van der Waals surface area contributed by atoms with Crippen molar-refractivity contribution in [3.05, 3.63) is 34.6 Å². The molecule has 0 aliphatic heterocycles. The van der Waals surface area contributed by atoms with Gasteiger partial charge in [-0.3, -0.25) is 4.98 Å². The third-order valence-electron chi connectivity index (χ3n) is 2.15. The van der Waals surface area contributed by atoms with Crippen LogP contribution in [0.1, 0.15) is 19.5 Å². The van der Waals surface area contributed by atoms with E-state index in [1.165, 1.54) is 0 Å². The predicted octanol–water partition coefficient (Wildman–Crippen LogP) is 2.62. The first-order chi connectivity index (χ1) is 6.98. The van der Waals surface area contributed by atoms with Crippen LogP contribution in [0.2, 0.25) is 0 Å². The Balaban J connectivity index is 2.70. The Morgan fingerprint density at radius 1 is 1.33 bits per heavy atom. The van der Waals surface area contributed by atoms with Gasteiger partial charge in [-0.05, 0) is 41.9 Å². The first kappa shape index (κ1) is 10.5. The highest BCUT2D eigenvalue weighted by atomic mass is 79.9. The van der Waals surface area contributed by atoms with Gasteiger partial charge in [0.25, 0.3) is 0 Å². The van der Waals surface area contributed by atoms with E-state index in [2.05, 4.69) is 25.9 Å². The van der Waals surface area contributed by atoms with Crippen molar-refractivity contribution in [2.45, 2.75) is 19.4 Å². The SMILES string of the molecule is CC(C)(O)c1cnc2cccc(Br)c2n1. The summed E-state index contributed by atoms with van der Waals surface area (Å²) in [5, 5.41) is 9.82. The number of hydrogen-bond acceptors (Lipinski definition) is 3. The molecule has 0 bridgehead atoms. The van der Waals surface area contributed by atoms with E-state index in [-0.39, 0.29) is 0 Å². The summed E-state index contributed by atoms with van der Waals surface area (Å²) < 4.78 is 0.888. The lowest BCUT2D eigenvalue weighted by Crippen LogP contribution is -2.17. The van der Waals surface area contributed by atoms with Crippen molar-refractivity contribution in [2.75, 3.05) is 0 Å². The Labute approximate surface area is 96.3 Å². The van der Waals surface area contributed by atoms with Gasteiger partial charge < -0.3 is 5.11 Å². The molecule has 0 unspecified atom stereocenters. The van der Waals surface area contributed by atoms with Crippen molar-refractivity contribution in [2.24, 2.45) is 0 Å². The van der Waals surface area contributed by atoms with Gasteiger partial charge in [-0.2, -0.15) is 0 Å². The third kappa shape index (κ3) is 2.01. The summed E-state index contributed by atoms with van der Waals surface area (Å²) in [5.41, 5.74) is 1.20. The predicted molar refractivity (Wildman–Crippen MR) is 62.5 cm³/mol. The van der Waals surface area contributed by atoms with Crippen LogP contribution in [-0.4, -0.2) is 15.1 Å². The van der Waals surface area contributed by atoms with Gasteiger partial charge in [0.15, 0.2) is 0 Å². The van der Waals surface area contributed by atoms with Gasteiger partial charge in [0.2, 0.25) is 0 Å². The highest BCUT2D eigenvalue weighted by molar-refractivity contribution is 9.10. The van der Waals surface area contributed by atoms with E-state index in [4.69, 9.17) is 0 Å². The van der Waals surface area contributed by atoms with Gasteiger partial charge in [0.05, 0.1) is 17.4 Å². The zero-order chi connectivity index (χ0) is 11.1. The van der Waals surface area contributed by atoms with Gasteiger partial charge in [0, 0.05) is 4.47 Å². The summed E-state index contributed by atoms with van der Waals surface area (Å²) in [7, 11) is 0. The Bertz CT molecular complexity index is 505. The quantitative estimate of drug-likeness (QED) is 0.863. The third-order valence-corrected chi connectivity index (χ3v) is 2.79. The molecule has 3 nitrogen and oxygen atoms in total. The molecule has 0 aliphatic rings. The Morgan fingerprint density at radius 3 is 2.73 bits per heavy atom. The van der Waals surface area contributed by atoms with Crippen molar-refractivity contribution in [3.63, 3.8) is 0 Å². The topological polar surface area (TPSA) is 46.0 Å². The first-order valence-corrected chi connectivity index (χ1v) is 5.42. The summed E-state index contributed by atoms with van der Waals surface area (Å²) in [6, 6.07) is 5.71. The van der Waals surface area contributed by atoms with E-state index in [0.29, 0.717) is 5.69 Å². The van der Waals surface area contributed by atoms with E-state index in [9.17, 15) is 5.11 Å². The maximum Gasteiger partial charge on any atom is 0.103 e. The van der Waals surface area contributed by atoms with Crippen LogP contribution in [0, 0.1) is 0 Å². The van der Waals surface area contributed by atoms with E-state index in [0.717, 1.165) is 15.5 Å². The van der Waals surface area contributed by atoms with Crippen molar-refractivity contribution >= 4 is 27.0 Å². The first-order valence-electron chi connectivity index (χ1n) is 4.62. The second-order valence-corrected chi connectivity index (χ2v) is 4.78. The van der Waals surface area contributed by atoms with Gasteiger partial charge >= 0.3 is 0 Å². The average molecular weight is 267 g/mol. The molecule has 4 heteroatoms. The molecule has 0 saturated heterocycles. The van der Waals surface area contributed by atoms with E-state index < -0.39 is 5.60 Å². The minimum atomic E-state index is -0.962. The molecule has 1 aromatic heterocycles. The van der Waals surface area contributed by atoms with Crippen molar-refractivity contribution in [3.8, 4) is 0 Å². The van der Waals surface area contributed by atoms with Crippen LogP contribution in [0.5, 0.6) is 0 Å². The summed E-state index contributed by atoms with van der Waals surface area (Å²) in [4.78, 5) is 8.64. The molecule has 0 saturated carbocycles. The number of halogens is 1. The number of nitrogens with zero attached hydrogens (tertiary/aromatic N) is 2. The fourth-order valence-electron chi connectivity index (χ4n) is 1.29. The van der Waals surface area contributed by atoms with Gasteiger partial charge in [-0.1, -0.05) is 6.07 Å². The molecule has 0 atom stereocenters.